The number of hydrogen-bond acceptors (Lipinski definition) is 6. The highest BCUT2D eigenvalue weighted by Crippen LogP contribution is 2.39. The highest BCUT2D eigenvalue weighted by molar-refractivity contribution is 5.98. The molecule has 0 aliphatic carbocycles. The van der Waals surface area contributed by atoms with Gasteiger partial charge in [-0.05, 0) is 119 Å². The maximum atomic E-state index is 6.34. The zero-order chi connectivity index (χ0) is 33.9. The largest absolute Gasteiger partial charge is 0.469 e. The number of benzene rings is 3. The van der Waals surface area contributed by atoms with Gasteiger partial charge in [-0.2, -0.15) is 0 Å². The molecule has 242 valence electrons. The molecule has 48 heavy (non-hydrogen) atoms. The predicted molar refractivity (Wildman–Crippen MR) is 195 cm³/mol. The first-order chi connectivity index (χ1) is 22.7. The van der Waals surface area contributed by atoms with Crippen molar-refractivity contribution in [1.29, 1.82) is 0 Å². The zero-order valence-corrected chi connectivity index (χ0v) is 29.0. The van der Waals surface area contributed by atoms with Crippen molar-refractivity contribution in [3.05, 3.63) is 121 Å². The average molecular weight is 635 g/mol. The van der Waals surface area contributed by atoms with E-state index in [1.165, 1.54) is 11.1 Å². The quantitative estimate of drug-likeness (QED) is 0.186. The summed E-state index contributed by atoms with van der Waals surface area (Å²) in [5.41, 5.74) is 8.74. The normalized spacial score (nSPS) is 18.4. The van der Waals surface area contributed by atoms with Crippen LogP contribution in [0.2, 0.25) is 0 Å². The van der Waals surface area contributed by atoms with Crippen LogP contribution in [0, 0.1) is 0 Å². The number of pyridine rings is 2. The molecule has 6 nitrogen and oxygen atoms in total. The number of aliphatic imine (C=N–C) groups is 2. The highest BCUT2D eigenvalue weighted by Gasteiger charge is 2.46. The Balaban J connectivity index is 1.32. The Bertz CT molecular complexity index is 1970. The van der Waals surface area contributed by atoms with Gasteiger partial charge < -0.3 is 9.47 Å². The van der Waals surface area contributed by atoms with Crippen LogP contribution >= 0.6 is 0 Å². The van der Waals surface area contributed by atoms with Crippen LogP contribution in [0.4, 0.5) is 0 Å². The molecule has 0 radical (unpaired) electrons. The van der Waals surface area contributed by atoms with Gasteiger partial charge in [-0.25, -0.2) is 9.98 Å². The lowest BCUT2D eigenvalue weighted by Gasteiger charge is -2.30. The standard InChI is InChI=1S/C42H42N4O2/c1-39(2)41(5,6)47-37(45-39)35-21-33(23-43-25-35)31-18-30(29-16-14-28(15-17-29)27-12-10-9-11-13-27)19-32(20-31)34-22-36(26-44-24-34)38-46-40(3,4)42(7,8)48-38/h9-26H,1-8H3. The van der Waals surface area contributed by atoms with Gasteiger partial charge in [-0.3, -0.25) is 9.97 Å². The smallest absolute Gasteiger partial charge is 0.218 e. The molecule has 0 fully saturated rings. The first-order valence-electron chi connectivity index (χ1n) is 16.5. The third-order valence-corrected chi connectivity index (χ3v) is 10.3. The molecule has 6 heteroatoms. The molecule has 2 aliphatic heterocycles. The molecule has 0 saturated heterocycles. The van der Waals surface area contributed by atoms with Gasteiger partial charge in [0.05, 0.1) is 22.2 Å². The second-order valence-corrected chi connectivity index (χ2v) is 14.8. The summed E-state index contributed by atoms with van der Waals surface area (Å²) in [6.45, 7) is 16.7. The van der Waals surface area contributed by atoms with Crippen LogP contribution in [0.5, 0.6) is 0 Å². The number of hydrogen-bond donors (Lipinski definition) is 0. The fraction of sp³-hybridized carbons (Fsp3) is 0.286. The third kappa shape index (κ3) is 5.70. The second-order valence-electron chi connectivity index (χ2n) is 14.8. The Labute approximate surface area is 283 Å². The fourth-order valence-corrected chi connectivity index (χ4v) is 5.85. The summed E-state index contributed by atoms with van der Waals surface area (Å²) in [6, 6.07) is 30.0. The monoisotopic (exact) mass is 634 g/mol. The molecule has 2 aromatic heterocycles. The van der Waals surface area contributed by atoms with Crippen molar-refractivity contribution in [3.8, 4) is 44.5 Å². The van der Waals surface area contributed by atoms with Crippen LogP contribution in [0.1, 0.15) is 66.5 Å². The van der Waals surface area contributed by atoms with Crippen LogP contribution in [0.25, 0.3) is 44.5 Å². The predicted octanol–water partition coefficient (Wildman–Crippen LogP) is 9.81. The molecule has 0 N–H and O–H groups in total. The molecule has 0 saturated carbocycles. The van der Waals surface area contributed by atoms with E-state index >= 15 is 0 Å². The number of ether oxygens (including phenoxy) is 2. The Morgan fingerprint density at radius 1 is 0.375 bits per heavy atom. The average Bonchev–Trinajstić information content (AvgIpc) is 3.44. The van der Waals surface area contributed by atoms with Gasteiger partial charge >= 0.3 is 0 Å². The van der Waals surface area contributed by atoms with E-state index in [-0.39, 0.29) is 11.1 Å². The van der Waals surface area contributed by atoms with Crippen LogP contribution in [-0.4, -0.2) is 44.0 Å². The van der Waals surface area contributed by atoms with Gasteiger partial charge in [0.1, 0.15) is 11.2 Å². The summed E-state index contributed by atoms with van der Waals surface area (Å²) in [5, 5.41) is 0. The Hall–Kier alpha value is -5.10. The Kier molecular flexibility index (Phi) is 7.39. The topological polar surface area (TPSA) is 69.0 Å². The first-order valence-corrected chi connectivity index (χ1v) is 16.5. The molecular formula is C42H42N4O2. The van der Waals surface area contributed by atoms with Crippen LogP contribution < -0.4 is 0 Å². The lowest BCUT2D eigenvalue weighted by atomic mass is 9.87. The van der Waals surface area contributed by atoms with E-state index in [4.69, 9.17) is 19.5 Å². The van der Waals surface area contributed by atoms with E-state index in [9.17, 15) is 0 Å². The summed E-state index contributed by atoms with van der Waals surface area (Å²) in [7, 11) is 0. The van der Waals surface area contributed by atoms with Gasteiger partial charge in [-0.15, -0.1) is 0 Å². The van der Waals surface area contributed by atoms with Crippen LogP contribution in [0.15, 0.2) is 120 Å². The van der Waals surface area contributed by atoms with E-state index in [2.05, 4.69) is 144 Å². The SMILES string of the molecule is CC1(C)N=C(c2cncc(-c3cc(-c4ccc(-c5ccccc5)cc4)cc(-c4cncc(C5=NC(C)(C)C(C)(C)O5)c4)c3)c2)OC1(C)C. The second kappa shape index (κ2) is 11.3. The van der Waals surface area contributed by atoms with E-state index in [1.54, 1.807) is 0 Å². The lowest BCUT2D eigenvalue weighted by molar-refractivity contribution is 0.0618. The lowest BCUT2D eigenvalue weighted by Crippen LogP contribution is -2.41. The molecule has 5 aromatic rings. The van der Waals surface area contributed by atoms with Crippen molar-refractivity contribution in [2.24, 2.45) is 9.98 Å². The molecule has 2 aliphatic rings. The fourth-order valence-electron chi connectivity index (χ4n) is 5.85. The summed E-state index contributed by atoms with van der Waals surface area (Å²) in [6.07, 6.45) is 7.45. The Morgan fingerprint density at radius 3 is 1.10 bits per heavy atom. The van der Waals surface area contributed by atoms with E-state index < -0.39 is 11.2 Å². The number of aromatic nitrogens is 2. The minimum Gasteiger partial charge on any atom is -0.469 e. The van der Waals surface area contributed by atoms with Crippen LogP contribution in [0.3, 0.4) is 0 Å². The molecule has 3 aromatic carbocycles. The van der Waals surface area contributed by atoms with E-state index in [0.29, 0.717) is 11.8 Å². The highest BCUT2D eigenvalue weighted by atomic mass is 16.5. The van der Waals surface area contributed by atoms with Crippen molar-refractivity contribution in [2.45, 2.75) is 77.7 Å². The minimum absolute atomic E-state index is 0.354. The van der Waals surface area contributed by atoms with Gasteiger partial charge in [-0.1, -0.05) is 54.6 Å². The summed E-state index contributed by atoms with van der Waals surface area (Å²) >= 11 is 0. The van der Waals surface area contributed by atoms with Gasteiger partial charge in [0.25, 0.3) is 0 Å². The summed E-state index contributed by atoms with van der Waals surface area (Å²) < 4.78 is 12.7. The minimum atomic E-state index is -0.424. The van der Waals surface area contributed by atoms with Gasteiger partial charge in [0, 0.05) is 35.9 Å². The molecule has 7 rings (SSSR count). The molecule has 0 spiro atoms. The Morgan fingerprint density at radius 2 is 0.708 bits per heavy atom. The maximum Gasteiger partial charge on any atom is 0.218 e. The summed E-state index contributed by atoms with van der Waals surface area (Å²) in [4.78, 5) is 19.1. The molecular weight excluding hydrogens is 592 g/mol. The van der Waals surface area contributed by atoms with Crippen molar-refractivity contribution in [1.82, 2.24) is 9.97 Å². The maximum absolute atomic E-state index is 6.34. The van der Waals surface area contributed by atoms with E-state index in [1.807, 2.05) is 30.9 Å². The zero-order valence-electron chi connectivity index (χ0n) is 29.0. The van der Waals surface area contributed by atoms with Crippen molar-refractivity contribution < 1.29 is 9.47 Å². The van der Waals surface area contributed by atoms with E-state index in [0.717, 1.165) is 44.5 Å². The van der Waals surface area contributed by atoms with Crippen molar-refractivity contribution in [2.75, 3.05) is 0 Å². The number of nitrogens with zero attached hydrogens (tertiary/aromatic N) is 4. The molecule has 4 heterocycles. The van der Waals surface area contributed by atoms with Crippen molar-refractivity contribution >= 4 is 11.8 Å². The van der Waals surface area contributed by atoms with Gasteiger partial charge in [0.15, 0.2) is 0 Å². The van der Waals surface area contributed by atoms with Gasteiger partial charge in [0.2, 0.25) is 11.8 Å². The summed E-state index contributed by atoms with van der Waals surface area (Å²) in [5.74, 6) is 1.24. The molecule has 0 unspecified atom stereocenters. The van der Waals surface area contributed by atoms with Crippen molar-refractivity contribution in [3.63, 3.8) is 0 Å². The number of rotatable bonds is 6. The third-order valence-electron chi connectivity index (χ3n) is 10.3. The van der Waals surface area contributed by atoms with Crippen LogP contribution in [-0.2, 0) is 9.47 Å². The first kappa shape index (κ1) is 31.5. The molecule has 0 bridgehead atoms. The molecule has 0 atom stereocenters. The molecule has 0 amide bonds.